The molecule has 0 spiro atoms. The van der Waals surface area contributed by atoms with E-state index < -0.39 is 5.97 Å². The molecule has 1 saturated heterocycles. The number of nitrogens with zero attached hydrogens (tertiary/aromatic N) is 4. The van der Waals surface area contributed by atoms with Gasteiger partial charge >= 0.3 is 5.97 Å². The monoisotopic (exact) mass is 350 g/mol. The van der Waals surface area contributed by atoms with Gasteiger partial charge in [-0.1, -0.05) is 12.1 Å². The molecule has 1 N–H and O–H groups in total. The van der Waals surface area contributed by atoms with E-state index in [-0.39, 0.29) is 5.56 Å². The summed E-state index contributed by atoms with van der Waals surface area (Å²) in [6, 6.07) is 8.71. The number of carbonyl (C=O) groups is 1. The standard InChI is InChI=1S/C19H18N4O3/c1-12-21-16-10-15(13-2-4-14(5-3-13)19(24)25)11-20-17(16)18(22-12)23-6-8-26-9-7-23/h2-5,10-11H,6-9H2,1H3,(H,24,25). The predicted molar refractivity (Wildman–Crippen MR) is 97.5 cm³/mol. The van der Waals surface area contributed by atoms with Gasteiger partial charge in [-0.25, -0.2) is 14.8 Å². The Morgan fingerprint density at radius 1 is 1.12 bits per heavy atom. The number of aryl methyl sites for hydroxylation is 1. The topological polar surface area (TPSA) is 88.4 Å². The van der Waals surface area contributed by atoms with E-state index in [1.807, 2.05) is 13.0 Å². The molecule has 1 fully saturated rings. The van der Waals surface area contributed by atoms with Gasteiger partial charge in [0, 0.05) is 24.8 Å². The molecule has 0 radical (unpaired) electrons. The molecular formula is C19H18N4O3. The third kappa shape index (κ3) is 3.09. The number of anilines is 1. The third-order valence-electron chi connectivity index (χ3n) is 4.41. The van der Waals surface area contributed by atoms with Crippen molar-refractivity contribution in [2.24, 2.45) is 0 Å². The summed E-state index contributed by atoms with van der Waals surface area (Å²) in [5, 5.41) is 9.03. The highest BCUT2D eigenvalue weighted by Crippen LogP contribution is 2.27. The predicted octanol–water partition coefficient (Wildman–Crippen LogP) is 2.54. The number of aromatic carboxylic acids is 1. The first kappa shape index (κ1) is 16.4. The van der Waals surface area contributed by atoms with Gasteiger partial charge in [0.2, 0.25) is 0 Å². The summed E-state index contributed by atoms with van der Waals surface area (Å²) in [4.78, 5) is 26.9. The van der Waals surface area contributed by atoms with Gasteiger partial charge < -0.3 is 14.7 Å². The van der Waals surface area contributed by atoms with Crippen molar-refractivity contribution in [1.82, 2.24) is 15.0 Å². The van der Waals surface area contributed by atoms with E-state index in [0.29, 0.717) is 19.0 Å². The van der Waals surface area contributed by atoms with Crippen LogP contribution in [0, 0.1) is 6.92 Å². The van der Waals surface area contributed by atoms with Crippen LogP contribution in [0.3, 0.4) is 0 Å². The number of carboxylic acid groups (broad SMARTS) is 1. The van der Waals surface area contributed by atoms with Gasteiger partial charge in [0.05, 0.1) is 24.3 Å². The molecule has 0 unspecified atom stereocenters. The van der Waals surface area contributed by atoms with Gasteiger partial charge in [0.1, 0.15) is 11.3 Å². The summed E-state index contributed by atoms with van der Waals surface area (Å²) >= 11 is 0. The molecule has 4 rings (SSSR count). The zero-order valence-corrected chi connectivity index (χ0v) is 14.3. The average Bonchev–Trinajstić information content (AvgIpc) is 2.67. The molecule has 0 saturated carbocycles. The van der Waals surface area contributed by atoms with E-state index in [2.05, 4.69) is 19.9 Å². The summed E-state index contributed by atoms with van der Waals surface area (Å²) in [7, 11) is 0. The van der Waals surface area contributed by atoms with Crippen molar-refractivity contribution in [1.29, 1.82) is 0 Å². The molecule has 7 heteroatoms. The lowest BCUT2D eigenvalue weighted by atomic mass is 10.1. The Kier molecular flexibility index (Phi) is 4.22. The fourth-order valence-corrected chi connectivity index (χ4v) is 3.07. The number of carboxylic acids is 1. The SMILES string of the molecule is Cc1nc(N2CCOCC2)c2ncc(-c3ccc(C(=O)O)cc3)cc2n1. The van der Waals surface area contributed by atoms with Gasteiger partial charge in [-0.2, -0.15) is 0 Å². The van der Waals surface area contributed by atoms with Crippen LogP contribution in [0.4, 0.5) is 5.82 Å². The van der Waals surface area contributed by atoms with E-state index in [4.69, 9.17) is 9.84 Å². The summed E-state index contributed by atoms with van der Waals surface area (Å²) in [6.07, 6.45) is 1.78. The van der Waals surface area contributed by atoms with Crippen LogP contribution in [0.25, 0.3) is 22.2 Å². The minimum Gasteiger partial charge on any atom is -0.478 e. The number of aromatic nitrogens is 3. The maximum atomic E-state index is 11.0. The Morgan fingerprint density at radius 2 is 1.85 bits per heavy atom. The van der Waals surface area contributed by atoms with Crippen LogP contribution in [-0.2, 0) is 4.74 Å². The van der Waals surface area contributed by atoms with Crippen molar-refractivity contribution in [2.45, 2.75) is 6.92 Å². The highest BCUT2D eigenvalue weighted by Gasteiger charge is 2.18. The number of hydrogen-bond acceptors (Lipinski definition) is 6. The van der Waals surface area contributed by atoms with Crippen molar-refractivity contribution >= 4 is 22.8 Å². The smallest absolute Gasteiger partial charge is 0.335 e. The largest absolute Gasteiger partial charge is 0.478 e. The van der Waals surface area contributed by atoms with Gasteiger partial charge in [0.15, 0.2) is 5.82 Å². The summed E-state index contributed by atoms with van der Waals surface area (Å²) < 4.78 is 5.42. The quantitative estimate of drug-likeness (QED) is 0.776. The zero-order valence-electron chi connectivity index (χ0n) is 14.3. The fourth-order valence-electron chi connectivity index (χ4n) is 3.07. The van der Waals surface area contributed by atoms with Crippen molar-refractivity contribution in [3.05, 3.63) is 47.9 Å². The lowest BCUT2D eigenvalue weighted by molar-refractivity contribution is 0.0697. The molecular weight excluding hydrogens is 332 g/mol. The van der Waals surface area contributed by atoms with Crippen molar-refractivity contribution in [2.75, 3.05) is 31.2 Å². The second kappa shape index (κ2) is 6.68. The molecule has 0 aliphatic carbocycles. The first-order valence-electron chi connectivity index (χ1n) is 8.42. The van der Waals surface area contributed by atoms with Crippen LogP contribution in [0.5, 0.6) is 0 Å². The van der Waals surface area contributed by atoms with Gasteiger partial charge in [-0.15, -0.1) is 0 Å². The fraction of sp³-hybridized carbons (Fsp3) is 0.263. The van der Waals surface area contributed by atoms with Gasteiger partial charge in [-0.05, 0) is 30.7 Å². The molecule has 3 aromatic rings. The minimum atomic E-state index is -0.938. The number of rotatable bonds is 3. The van der Waals surface area contributed by atoms with Crippen LogP contribution in [0.1, 0.15) is 16.2 Å². The lowest BCUT2D eigenvalue weighted by Crippen LogP contribution is -2.37. The first-order chi connectivity index (χ1) is 12.6. The van der Waals surface area contributed by atoms with E-state index in [0.717, 1.165) is 41.1 Å². The molecule has 0 bridgehead atoms. The summed E-state index contributed by atoms with van der Waals surface area (Å²) in [6.45, 7) is 4.80. The molecule has 1 aromatic carbocycles. The molecule has 1 aliphatic rings. The van der Waals surface area contributed by atoms with Crippen molar-refractivity contribution in [3.8, 4) is 11.1 Å². The molecule has 3 heterocycles. The maximum absolute atomic E-state index is 11.0. The first-order valence-corrected chi connectivity index (χ1v) is 8.42. The van der Waals surface area contributed by atoms with Crippen LogP contribution in [0.15, 0.2) is 36.5 Å². The zero-order chi connectivity index (χ0) is 18.1. The van der Waals surface area contributed by atoms with Crippen LogP contribution < -0.4 is 4.90 Å². The Morgan fingerprint density at radius 3 is 2.54 bits per heavy atom. The van der Waals surface area contributed by atoms with E-state index in [1.54, 1.807) is 30.5 Å². The second-order valence-electron chi connectivity index (χ2n) is 6.17. The molecule has 7 nitrogen and oxygen atoms in total. The maximum Gasteiger partial charge on any atom is 0.335 e. The number of benzene rings is 1. The Balaban J connectivity index is 1.76. The Hall–Kier alpha value is -3.06. The average molecular weight is 350 g/mol. The molecule has 0 atom stereocenters. The van der Waals surface area contributed by atoms with E-state index in [9.17, 15) is 4.79 Å². The molecule has 26 heavy (non-hydrogen) atoms. The Labute approximate surface area is 150 Å². The second-order valence-corrected chi connectivity index (χ2v) is 6.17. The van der Waals surface area contributed by atoms with Gasteiger partial charge in [0.25, 0.3) is 0 Å². The minimum absolute atomic E-state index is 0.260. The highest BCUT2D eigenvalue weighted by atomic mass is 16.5. The summed E-state index contributed by atoms with van der Waals surface area (Å²) in [5.74, 6) is 0.592. The van der Waals surface area contributed by atoms with Crippen molar-refractivity contribution < 1.29 is 14.6 Å². The number of hydrogen-bond donors (Lipinski definition) is 1. The van der Waals surface area contributed by atoms with Crippen LogP contribution in [-0.4, -0.2) is 52.3 Å². The van der Waals surface area contributed by atoms with Crippen LogP contribution >= 0.6 is 0 Å². The molecule has 1 aliphatic heterocycles. The Bertz CT molecular complexity index is 966. The number of ether oxygens (including phenoxy) is 1. The molecule has 2 aromatic heterocycles. The van der Waals surface area contributed by atoms with E-state index in [1.165, 1.54) is 0 Å². The number of pyridine rings is 1. The van der Waals surface area contributed by atoms with Crippen molar-refractivity contribution in [3.63, 3.8) is 0 Å². The van der Waals surface area contributed by atoms with Crippen LogP contribution in [0.2, 0.25) is 0 Å². The molecule has 0 amide bonds. The van der Waals surface area contributed by atoms with Gasteiger partial charge in [-0.3, -0.25) is 4.98 Å². The van der Waals surface area contributed by atoms with E-state index >= 15 is 0 Å². The normalized spacial score (nSPS) is 14.6. The summed E-state index contributed by atoms with van der Waals surface area (Å²) in [5.41, 5.74) is 3.59. The number of morpholine rings is 1. The number of fused-ring (bicyclic) bond motifs is 1. The molecule has 132 valence electrons. The highest BCUT2D eigenvalue weighted by molar-refractivity contribution is 5.90. The lowest BCUT2D eigenvalue weighted by Gasteiger charge is -2.28. The third-order valence-corrected chi connectivity index (χ3v) is 4.41.